The number of carbonyl (C=O) groups is 2. The topological polar surface area (TPSA) is 75.9 Å². The second-order valence-corrected chi connectivity index (χ2v) is 6.09. The highest BCUT2D eigenvalue weighted by Gasteiger charge is 2.55. The molecule has 1 unspecified atom stereocenters. The fraction of sp³-hybridized carbons (Fsp3) is 0.538. The zero-order valence-corrected chi connectivity index (χ0v) is 12.4. The van der Waals surface area contributed by atoms with Crippen LogP contribution in [0.4, 0.5) is 9.39 Å². The van der Waals surface area contributed by atoms with Crippen molar-refractivity contribution in [3.8, 4) is 5.75 Å². The van der Waals surface area contributed by atoms with Crippen molar-refractivity contribution in [2.45, 2.75) is 38.5 Å². The molecular weight excluding hydrogens is 297 g/mol. The molecule has 0 spiro atoms. The smallest absolute Gasteiger partial charge is 0.285 e. The van der Waals surface area contributed by atoms with Crippen molar-refractivity contribution in [3.05, 3.63) is 10.9 Å². The van der Waals surface area contributed by atoms with Gasteiger partial charge >= 0.3 is 0 Å². The minimum atomic E-state index is -2.31. The number of piperidine rings is 1. The van der Waals surface area contributed by atoms with Crippen LogP contribution < -0.4 is 10.6 Å². The SMILES string of the molecule is CCCN1C(=O)CCC(F)(N2Cc3c(csc3N)O2)C1=O. The fourth-order valence-corrected chi connectivity index (χ4v) is 3.35. The Labute approximate surface area is 125 Å². The van der Waals surface area contributed by atoms with Gasteiger partial charge in [-0.05, 0) is 6.42 Å². The van der Waals surface area contributed by atoms with Crippen LogP contribution in [0.3, 0.4) is 0 Å². The van der Waals surface area contributed by atoms with E-state index < -0.39 is 11.7 Å². The summed E-state index contributed by atoms with van der Waals surface area (Å²) in [4.78, 5) is 30.6. The van der Waals surface area contributed by atoms with Crippen LogP contribution in [-0.4, -0.2) is 34.1 Å². The van der Waals surface area contributed by atoms with Gasteiger partial charge in [0.1, 0.15) is 0 Å². The van der Waals surface area contributed by atoms with Crippen molar-refractivity contribution in [2.75, 3.05) is 12.3 Å². The number of nitrogens with two attached hydrogens (primary N) is 1. The summed E-state index contributed by atoms with van der Waals surface area (Å²) >= 11 is 1.32. The number of anilines is 1. The summed E-state index contributed by atoms with van der Waals surface area (Å²) in [6, 6.07) is 0. The maximum Gasteiger partial charge on any atom is 0.285 e. The molecule has 0 saturated carbocycles. The molecule has 2 aliphatic heterocycles. The predicted octanol–water partition coefficient (Wildman–Crippen LogP) is 1.66. The summed E-state index contributed by atoms with van der Waals surface area (Å²) in [5, 5.41) is 3.26. The van der Waals surface area contributed by atoms with Gasteiger partial charge in [0, 0.05) is 30.3 Å². The molecule has 1 saturated heterocycles. The van der Waals surface area contributed by atoms with E-state index in [1.807, 2.05) is 6.92 Å². The monoisotopic (exact) mass is 313 g/mol. The Balaban J connectivity index is 1.84. The van der Waals surface area contributed by atoms with Gasteiger partial charge in [0.25, 0.3) is 11.7 Å². The number of likely N-dealkylation sites (tertiary alicyclic amines) is 1. The number of thiophene rings is 1. The molecular formula is C13H16FN3O3S. The van der Waals surface area contributed by atoms with Gasteiger partial charge in [-0.25, -0.2) is 4.39 Å². The van der Waals surface area contributed by atoms with E-state index in [2.05, 4.69) is 0 Å². The van der Waals surface area contributed by atoms with Crippen LogP contribution in [0.5, 0.6) is 5.75 Å². The van der Waals surface area contributed by atoms with E-state index in [4.69, 9.17) is 10.6 Å². The van der Waals surface area contributed by atoms with Crippen LogP contribution in [0.2, 0.25) is 0 Å². The van der Waals surface area contributed by atoms with Crippen molar-refractivity contribution in [2.24, 2.45) is 0 Å². The van der Waals surface area contributed by atoms with Crippen molar-refractivity contribution in [1.82, 2.24) is 9.96 Å². The molecule has 3 heterocycles. The van der Waals surface area contributed by atoms with Gasteiger partial charge in [-0.15, -0.1) is 11.3 Å². The van der Waals surface area contributed by atoms with Gasteiger partial charge in [0.15, 0.2) is 5.75 Å². The highest BCUT2D eigenvalue weighted by molar-refractivity contribution is 7.14. The Bertz CT molecular complexity index is 605. The average molecular weight is 313 g/mol. The molecule has 0 aliphatic carbocycles. The van der Waals surface area contributed by atoms with E-state index in [1.54, 1.807) is 5.38 Å². The van der Waals surface area contributed by atoms with Crippen LogP contribution in [-0.2, 0) is 16.1 Å². The van der Waals surface area contributed by atoms with E-state index in [-0.39, 0.29) is 31.8 Å². The summed E-state index contributed by atoms with van der Waals surface area (Å²) in [6.45, 7) is 2.17. The average Bonchev–Trinajstić information content (AvgIpc) is 3.03. The molecule has 1 aromatic heterocycles. The molecule has 0 radical (unpaired) electrons. The van der Waals surface area contributed by atoms with Gasteiger partial charge in [0.05, 0.1) is 11.5 Å². The highest BCUT2D eigenvalue weighted by atomic mass is 32.1. The van der Waals surface area contributed by atoms with E-state index >= 15 is 4.39 Å². The molecule has 114 valence electrons. The van der Waals surface area contributed by atoms with Gasteiger partial charge in [-0.1, -0.05) is 12.0 Å². The summed E-state index contributed by atoms with van der Waals surface area (Å²) in [5.41, 5.74) is 6.50. The van der Waals surface area contributed by atoms with Crippen molar-refractivity contribution < 1.29 is 18.8 Å². The molecule has 8 heteroatoms. The molecule has 2 amide bonds. The van der Waals surface area contributed by atoms with Crippen LogP contribution >= 0.6 is 11.3 Å². The third-order valence-electron chi connectivity index (χ3n) is 3.78. The largest absolute Gasteiger partial charge is 0.401 e. The Morgan fingerprint density at radius 3 is 2.95 bits per heavy atom. The van der Waals surface area contributed by atoms with Crippen LogP contribution in [0.15, 0.2) is 5.38 Å². The maximum absolute atomic E-state index is 15.2. The predicted molar refractivity (Wildman–Crippen MR) is 75.0 cm³/mol. The molecule has 1 aromatic rings. The Morgan fingerprint density at radius 2 is 2.29 bits per heavy atom. The Hall–Kier alpha value is -1.67. The lowest BCUT2D eigenvalue weighted by Crippen LogP contribution is -2.61. The molecule has 1 fully saturated rings. The zero-order chi connectivity index (χ0) is 15.2. The number of alkyl halides is 1. The highest BCUT2D eigenvalue weighted by Crippen LogP contribution is 2.43. The molecule has 2 aliphatic rings. The van der Waals surface area contributed by atoms with Crippen molar-refractivity contribution in [1.29, 1.82) is 0 Å². The molecule has 0 bridgehead atoms. The number of halogens is 1. The quantitative estimate of drug-likeness (QED) is 0.678. The number of amides is 2. The van der Waals surface area contributed by atoms with Gasteiger partial charge in [0.2, 0.25) is 5.91 Å². The first-order chi connectivity index (χ1) is 9.97. The number of fused-ring (bicyclic) bond motifs is 1. The van der Waals surface area contributed by atoms with E-state index in [1.165, 1.54) is 11.3 Å². The summed E-state index contributed by atoms with van der Waals surface area (Å²) in [7, 11) is 0. The number of rotatable bonds is 3. The van der Waals surface area contributed by atoms with Crippen molar-refractivity contribution >= 4 is 28.2 Å². The first-order valence-corrected chi connectivity index (χ1v) is 7.70. The Kier molecular flexibility index (Phi) is 3.37. The van der Waals surface area contributed by atoms with E-state index in [0.29, 0.717) is 22.7 Å². The number of imide groups is 1. The number of hydrogen-bond acceptors (Lipinski definition) is 6. The normalized spacial score (nSPS) is 26.1. The maximum atomic E-state index is 15.2. The second-order valence-electron chi connectivity index (χ2n) is 5.18. The minimum Gasteiger partial charge on any atom is -0.401 e. The minimum absolute atomic E-state index is 0.00950. The first kappa shape index (κ1) is 14.3. The summed E-state index contributed by atoms with van der Waals surface area (Å²) in [6.07, 6.45) is 0.386. The molecule has 1 atom stereocenters. The van der Waals surface area contributed by atoms with Crippen LogP contribution in [0.25, 0.3) is 0 Å². The molecule has 2 N–H and O–H groups in total. The second kappa shape index (κ2) is 4.96. The van der Waals surface area contributed by atoms with E-state index in [9.17, 15) is 9.59 Å². The first-order valence-electron chi connectivity index (χ1n) is 6.82. The standard InChI is InChI=1S/C13H16FN3O3S/c1-2-5-16-10(18)3-4-13(14,12(16)19)17-6-8-9(20-17)7-21-11(8)15/h7H,2-6,15H2,1H3. The van der Waals surface area contributed by atoms with E-state index in [0.717, 1.165) is 9.96 Å². The number of nitrogens with zero attached hydrogens (tertiary/aromatic N) is 2. The zero-order valence-electron chi connectivity index (χ0n) is 11.6. The Morgan fingerprint density at radius 1 is 1.52 bits per heavy atom. The summed E-state index contributed by atoms with van der Waals surface area (Å²) in [5.74, 6) is -3.00. The molecule has 6 nitrogen and oxygen atoms in total. The van der Waals surface area contributed by atoms with Crippen molar-refractivity contribution in [3.63, 3.8) is 0 Å². The fourth-order valence-electron chi connectivity index (χ4n) is 2.62. The third-order valence-corrected chi connectivity index (χ3v) is 4.62. The summed E-state index contributed by atoms with van der Waals surface area (Å²) < 4.78 is 15.2. The lowest BCUT2D eigenvalue weighted by atomic mass is 10.0. The number of carbonyl (C=O) groups excluding carboxylic acids is 2. The molecule has 3 rings (SSSR count). The molecule has 0 aromatic carbocycles. The van der Waals surface area contributed by atoms with Crippen LogP contribution in [0.1, 0.15) is 31.7 Å². The lowest BCUT2D eigenvalue weighted by Gasteiger charge is -2.38. The number of hydroxylamine groups is 2. The lowest BCUT2D eigenvalue weighted by molar-refractivity contribution is -0.218. The van der Waals surface area contributed by atoms with Crippen LogP contribution in [0, 0.1) is 0 Å². The van der Waals surface area contributed by atoms with Gasteiger partial charge in [-0.2, -0.15) is 0 Å². The molecule has 21 heavy (non-hydrogen) atoms. The number of nitrogen functional groups attached to an aromatic ring is 1. The van der Waals surface area contributed by atoms with Gasteiger partial charge in [-0.3, -0.25) is 14.5 Å². The van der Waals surface area contributed by atoms with Gasteiger partial charge < -0.3 is 10.6 Å². The number of hydrogen-bond donors (Lipinski definition) is 1. The third kappa shape index (κ3) is 2.09.